The van der Waals surface area contributed by atoms with Crippen LogP contribution in [0.3, 0.4) is 0 Å². The minimum atomic E-state index is -3.59. The summed E-state index contributed by atoms with van der Waals surface area (Å²) in [4.78, 5) is 15.9. The van der Waals surface area contributed by atoms with Crippen molar-refractivity contribution in [1.82, 2.24) is 9.29 Å². The van der Waals surface area contributed by atoms with Crippen LogP contribution in [0.5, 0.6) is 5.88 Å². The summed E-state index contributed by atoms with van der Waals surface area (Å²) < 4.78 is 34.0. The molecule has 27 heavy (non-hydrogen) atoms. The third-order valence-corrected chi connectivity index (χ3v) is 7.40. The molecule has 0 N–H and O–H groups in total. The van der Waals surface area contributed by atoms with Gasteiger partial charge in [0.2, 0.25) is 15.9 Å². The van der Waals surface area contributed by atoms with Gasteiger partial charge in [-0.25, -0.2) is 13.4 Å². The molecule has 6 nitrogen and oxygen atoms in total. The molecule has 1 aromatic carbocycles. The van der Waals surface area contributed by atoms with Gasteiger partial charge in [0.15, 0.2) is 5.78 Å². The molecule has 0 aliphatic carbocycles. The van der Waals surface area contributed by atoms with E-state index in [9.17, 15) is 13.2 Å². The minimum Gasteiger partial charge on any atom is -0.474 e. The van der Waals surface area contributed by atoms with Gasteiger partial charge in [0.1, 0.15) is 6.10 Å². The van der Waals surface area contributed by atoms with Crippen molar-refractivity contribution in [3.8, 4) is 5.88 Å². The predicted molar refractivity (Wildman–Crippen MR) is 100 cm³/mol. The average molecular weight is 386 g/mol. The topological polar surface area (TPSA) is 76.6 Å². The Morgan fingerprint density at radius 1 is 1.07 bits per heavy atom. The number of hydrogen-bond donors (Lipinski definition) is 0. The number of ketones is 1. The molecule has 3 heterocycles. The van der Waals surface area contributed by atoms with Gasteiger partial charge in [-0.05, 0) is 38.0 Å². The lowest BCUT2D eigenvalue weighted by Crippen LogP contribution is -2.49. The molecule has 2 aromatic rings. The molecular weight excluding hydrogens is 364 g/mol. The SMILES string of the molecule is CC(=O)c1ccc(S(=O)(=O)N2C3CCC2CC(Oc2ccccn2)C3)cc1. The van der Waals surface area contributed by atoms with Gasteiger partial charge in [0.25, 0.3) is 0 Å². The van der Waals surface area contributed by atoms with Gasteiger partial charge < -0.3 is 4.74 Å². The predicted octanol–water partition coefficient (Wildman–Crippen LogP) is 3.05. The first-order chi connectivity index (χ1) is 12.9. The number of ether oxygens (including phenoxy) is 1. The molecule has 2 saturated heterocycles. The van der Waals surface area contributed by atoms with Gasteiger partial charge >= 0.3 is 0 Å². The number of Topliss-reactive ketones (excluding diaryl/α,β-unsaturated/α-hetero) is 1. The first kappa shape index (κ1) is 18.1. The molecule has 0 spiro atoms. The van der Waals surface area contributed by atoms with Crippen molar-refractivity contribution in [3.63, 3.8) is 0 Å². The zero-order valence-electron chi connectivity index (χ0n) is 15.1. The molecule has 0 amide bonds. The summed E-state index contributed by atoms with van der Waals surface area (Å²) in [7, 11) is -3.59. The van der Waals surface area contributed by atoms with Crippen molar-refractivity contribution < 1.29 is 17.9 Å². The summed E-state index contributed by atoms with van der Waals surface area (Å²) in [6.45, 7) is 1.47. The van der Waals surface area contributed by atoms with Crippen molar-refractivity contribution in [1.29, 1.82) is 0 Å². The Balaban J connectivity index is 1.52. The molecule has 1 aromatic heterocycles. The molecule has 2 fully saturated rings. The highest BCUT2D eigenvalue weighted by molar-refractivity contribution is 7.89. The number of nitrogens with zero attached hydrogens (tertiary/aromatic N) is 2. The Morgan fingerprint density at radius 3 is 2.30 bits per heavy atom. The highest BCUT2D eigenvalue weighted by atomic mass is 32.2. The maximum Gasteiger partial charge on any atom is 0.243 e. The lowest BCUT2D eigenvalue weighted by Gasteiger charge is -2.37. The number of carbonyl (C=O) groups excluding carboxylic acids is 1. The van der Waals surface area contributed by atoms with Crippen LogP contribution in [0.1, 0.15) is 43.0 Å². The van der Waals surface area contributed by atoms with Crippen molar-refractivity contribution in [2.75, 3.05) is 0 Å². The van der Waals surface area contributed by atoms with Gasteiger partial charge in [0, 0.05) is 42.8 Å². The molecule has 7 heteroatoms. The molecule has 0 radical (unpaired) electrons. The number of sulfonamides is 1. The second kappa shape index (κ2) is 7.05. The van der Waals surface area contributed by atoms with E-state index in [0.29, 0.717) is 24.3 Å². The number of aromatic nitrogens is 1. The van der Waals surface area contributed by atoms with E-state index in [1.807, 2.05) is 18.2 Å². The lowest BCUT2D eigenvalue weighted by atomic mass is 10.0. The first-order valence-corrected chi connectivity index (χ1v) is 10.6. The van der Waals surface area contributed by atoms with E-state index in [0.717, 1.165) is 12.8 Å². The number of carbonyl (C=O) groups is 1. The maximum atomic E-state index is 13.2. The van der Waals surface area contributed by atoms with Crippen LogP contribution >= 0.6 is 0 Å². The number of fused-ring (bicyclic) bond motifs is 2. The summed E-state index contributed by atoms with van der Waals surface area (Å²) in [5.41, 5.74) is 0.513. The summed E-state index contributed by atoms with van der Waals surface area (Å²) in [5.74, 6) is 0.504. The van der Waals surface area contributed by atoms with E-state index in [1.54, 1.807) is 22.6 Å². The number of piperidine rings is 1. The fraction of sp³-hybridized carbons (Fsp3) is 0.400. The largest absolute Gasteiger partial charge is 0.474 e. The van der Waals surface area contributed by atoms with Crippen LogP contribution in [0.15, 0.2) is 53.6 Å². The second-order valence-electron chi connectivity index (χ2n) is 7.18. The molecule has 2 bridgehead atoms. The number of benzene rings is 1. The minimum absolute atomic E-state index is 0.0241. The second-order valence-corrected chi connectivity index (χ2v) is 9.02. The molecule has 142 valence electrons. The van der Waals surface area contributed by atoms with Gasteiger partial charge in [-0.1, -0.05) is 18.2 Å². The Kier molecular flexibility index (Phi) is 4.74. The van der Waals surface area contributed by atoms with Crippen molar-refractivity contribution >= 4 is 15.8 Å². The van der Waals surface area contributed by atoms with Crippen LogP contribution in [-0.4, -0.2) is 41.7 Å². The van der Waals surface area contributed by atoms with Crippen molar-refractivity contribution in [2.45, 2.75) is 55.7 Å². The third-order valence-electron chi connectivity index (χ3n) is 5.38. The average Bonchev–Trinajstić information content (AvgIpc) is 2.95. The van der Waals surface area contributed by atoms with Crippen molar-refractivity contribution in [2.24, 2.45) is 0 Å². The monoisotopic (exact) mass is 386 g/mol. The molecular formula is C20H22N2O4S. The first-order valence-electron chi connectivity index (χ1n) is 9.17. The Morgan fingerprint density at radius 2 is 1.74 bits per heavy atom. The quantitative estimate of drug-likeness (QED) is 0.738. The van der Waals surface area contributed by atoms with Crippen LogP contribution in [0.25, 0.3) is 0 Å². The number of rotatable bonds is 5. The highest BCUT2D eigenvalue weighted by Gasteiger charge is 2.47. The van der Waals surface area contributed by atoms with Crippen LogP contribution in [0.4, 0.5) is 0 Å². The summed E-state index contributed by atoms with van der Waals surface area (Å²) >= 11 is 0. The van der Waals surface area contributed by atoms with Gasteiger partial charge in [-0.2, -0.15) is 4.31 Å². The van der Waals surface area contributed by atoms with E-state index >= 15 is 0 Å². The normalized spacial score (nSPS) is 25.3. The van der Waals surface area contributed by atoms with E-state index in [4.69, 9.17) is 4.74 Å². The molecule has 2 atom stereocenters. The summed E-state index contributed by atoms with van der Waals surface area (Å²) in [6, 6.07) is 11.6. The Hall–Kier alpha value is -2.25. The Bertz CT molecular complexity index is 914. The Labute approximate surface area is 159 Å². The summed E-state index contributed by atoms with van der Waals surface area (Å²) in [5, 5.41) is 0. The van der Waals surface area contributed by atoms with E-state index in [-0.39, 0.29) is 28.9 Å². The maximum absolute atomic E-state index is 13.2. The number of hydrogen-bond acceptors (Lipinski definition) is 5. The smallest absolute Gasteiger partial charge is 0.243 e. The van der Waals surface area contributed by atoms with Crippen LogP contribution < -0.4 is 4.74 Å². The fourth-order valence-corrected chi connectivity index (χ4v) is 6.04. The van der Waals surface area contributed by atoms with Crippen LogP contribution in [0, 0.1) is 0 Å². The molecule has 0 saturated carbocycles. The fourth-order valence-electron chi connectivity index (χ4n) is 4.14. The standard InChI is InChI=1S/C20H22N2O4S/c1-14(23)15-5-9-19(10-6-15)27(24,25)22-16-7-8-17(22)13-18(12-16)26-20-4-2-3-11-21-20/h2-6,9-11,16-18H,7-8,12-13H2,1H3. The summed E-state index contributed by atoms with van der Waals surface area (Å²) in [6.07, 6.45) is 4.68. The highest BCUT2D eigenvalue weighted by Crippen LogP contribution is 2.40. The lowest BCUT2D eigenvalue weighted by molar-refractivity contribution is 0.0918. The van der Waals surface area contributed by atoms with Gasteiger partial charge in [-0.3, -0.25) is 4.79 Å². The van der Waals surface area contributed by atoms with E-state index in [1.165, 1.54) is 19.1 Å². The molecule has 2 aliphatic heterocycles. The third kappa shape index (κ3) is 3.49. The molecule has 2 unspecified atom stereocenters. The zero-order chi connectivity index (χ0) is 19.0. The van der Waals surface area contributed by atoms with Gasteiger partial charge in [-0.15, -0.1) is 0 Å². The van der Waals surface area contributed by atoms with Crippen molar-refractivity contribution in [3.05, 3.63) is 54.2 Å². The van der Waals surface area contributed by atoms with E-state index in [2.05, 4.69) is 4.98 Å². The van der Waals surface area contributed by atoms with Gasteiger partial charge in [0.05, 0.1) is 4.90 Å². The van der Waals surface area contributed by atoms with Crippen LogP contribution in [-0.2, 0) is 10.0 Å². The van der Waals surface area contributed by atoms with Crippen LogP contribution in [0.2, 0.25) is 0 Å². The van der Waals surface area contributed by atoms with E-state index < -0.39 is 10.0 Å². The number of pyridine rings is 1. The molecule has 4 rings (SSSR count). The zero-order valence-corrected chi connectivity index (χ0v) is 15.9. The molecule has 2 aliphatic rings.